The van der Waals surface area contributed by atoms with Crippen LogP contribution in [0.4, 0.5) is 11.8 Å². The van der Waals surface area contributed by atoms with Gasteiger partial charge in [-0.15, -0.1) is 0 Å². The number of carboxylic acids is 1. The van der Waals surface area contributed by atoms with E-state index in [1.165, 1.54) is 12.8 Å². The summed E-state index contributed by atoms with van der Waals surface area (Å²) in [6.07, 6.45) is 6.63. The molecular formula is C15H24N4O2. The fraction of sp³-hybridized carbons (Fsp3) is 0.667. The minimum atomic E-state index is -0.685. The molecule has 2 N–H and O–H groups in total. The van der Waals surface area contributed by atoms with E-state index in [4.69, 9.17) is 5.11 Å². The highest BCUT2D eigenvalue weighted by Gasteiger charge is 2.25. The molecule has 0 spiro atoms. The number of rotatable bonds is 7. The summed E-state index contributed by atoms with van der Waals surface area (Å²) in [6, 6.07) is 1.89. The molecule has 21 heavy (non-hydrogen) atoms. The van der Waals surface area contributed by atoms with Gasteiger partial charge >= 0.3 is 5.97 Å². The maximum absolute atomic E-state index is 11.0. The number of nitrogens with one attached hydrogen (secondary N) is 1. The van der Waals surface area contributed by atoms with Crippen molar-refractivity contribution in [1.29, 1.82) is 0 Å². The largest absolute Gasteiger partial charge is 0.481 e. The van der Waals surface area contributed by atoms with Gasteiger partial charge in [0.15, 0.2) is 0 Å². The Kier molecular flexibility index (Phi) is 5.78. The minimum Gasteiger partial charge on any atom is -0.481 e. The number of piperidine rings is 1. The van der Waals surface area contributed by atoms with Gasteiger partial charge in [0.1, 0.15) is 5.82 Å². The van der Waals surface area contributed by atoms with E-state index in [1.807, 2.05) is 6.07 Å². The first-order chi connectivity index (χ1) is 10.2. The zero-order chi connectivity index (χ0) is 15.1. The first-order valence-corrected chi connectivity index (χ1v) is 7.75. The van der Waals surface area contributed by atoms with Gasteiger partial charge in [0.05, 0.1) is 5.92 Å². The Hall–Kier alpha value is -1.85. The second-order valence-corrected chi connectivity index (χ2v) is 5.47. The molecule has 0 aliphatic carbocycles. The Morgan fingerprint density at radius 3 is 2.86 bits per heavy atom. The molecule has 6 nitrogen and oxygen atoms in total. The predicted molar refractivity (Wildman–Crippen MR) is 82.6 cm³/mol. The molecule has 1 aliphatic heterocycles. The highest BCUT2D eigenvalue weighted by atomic mass is 16.4. The number of nitrogens with zero attached hydrogens (tertiary/aromatic N) is 3. The molecule has 116 valence electrons. The normalized spacial score (nSPS) is 16.0. The van der Waals surface area contributed by atoms with E-state index in [9.17, 15) is 4.79 Å². The molecule has 0 saturated carbocycles. The molecule has 0 unspecified atom stereocenters. The molecule has 2 rings (SSSR count). The van der Waals surface area contributed by atoms with Crippen molar-refractivity contribution in [2.45, 2.75) is 39.0 Å². The lowest BCUT2D eigenvalue weighted by molar-refractivity contribution is -0.142. The van der Waals surface area contributed by atoms with Crippen LogP contribution in [0.15, 0.2) is 12.3 Å². The highest BCUT2D eigenvalue weighted by molar-refractivity contribution is 5.70. The van der Waals surface area contributed by atoms with E-state index in [2.05, 4.69) is 27.1 Å². The molecule has 0 radical (unpaired) electrons. The van der Waals surface area contributed by atoms with Gasteiger partial charge in [-0.2, -0.15) is 4.98 Å². The van der Waals surface area contributed by atoms with Crippen LogP contribution in [0.2, 0.25) is 0 Å². The summed E-state index contributed by atoms with van der Waals surface area (Å²) in [5.41, 5.74) is 0. The lowest BCUT2D eigenvalue weighted by Gasteiger charge is -2.31. The summed E-state index contributed by atoms with van der Waals surface area (Å²) in [7, 11) is 0. The van der Waals surface area contributed by atoms with Crippen LogP contribution in [-0.2, 0) is 4.79 Å². The van der Waals surface area contributed by atoms with E-state index in [0.29, 0.717) is 18.8 Å². The third kappa shape index (κ3) is 4.58. The van der Waals surface area contributed by atoms with Crippen molar-refractivity contribution in [2.75, 3.05) is 29.9 Å². The van der Waals surface area contributed by atoms with E-state index < -0.39 is 5.97 Å². The number of carboxylic acid groups (broad SMARTS) is 1. The molecule has 0 atom stereocenters. The Morgan fingerprint density at radius 1 is 1.43 bits per heavy atom. The summed E-state index contributed by atoms with van der Waals surface area (Å²) in [6.45, 7) is 4.54. The van der Waals surface area contributed by atoms with Crippen LogP contribution in [0.1, 0.15) is 39.0 Å². The first-order valence-electron chi connectivity index (χ1n) is 7.75. The van der Waals surface area contributed by atoms with Gasteiger partial charge in [-0.3, -0.25) is 4.79 Å². The second-order valence-electron chi connectivity index (χ2n) is 5.47. The van der Waals surface area contributed by atoms with Crippen LogP contribution in [0.3, 0.4) is 0 Å². The molecule has 6 heteroatoms. The van der Waals surface area contributed by atoms with E-state index in [0.717, 1.165) is 31.9 Å². The Morgan fingerprint density at radius 2 is 2.19 bits per heavy atom. The third-order valence-corrected chi connectivity index (χ3v) is 3.87. The average Bonchev–Trinajstić information content (AvgIpc) is 2.52. The third-order valence-electron chi connectivity index (χ3n) is 3.87. The summed E-state index contributed by atoms with van der Waals surface area (Å²) in [5.74, 6) is 0.640. The van der Waals surface area contributed by atoms with Gasteiger partial charge in [-0.25, -0.2) is 4.98 Å². The fourth-order valence-corrected chi connectivity index (χ4v) is 2.54. The lowest BCUT2D eigenvalue weighted by Crippen LogP contribution is -2.36. The fourth-order valence-electron chi connectivity index (χ4n) is 2.54. The molecule has 0 amide bonds. The van der Waals surface area contributed by atoms with Crippen LogP contribution < -0.4 is 10.2 Å². The number of hydrogen-bond acceptors (Lipinski definition) is 5. The van der Waals surface area contributed by atoms with E-state index >= 15 is 0 Å². The summed E-state index contributed by atoms with van der Waals surface area (Å²) in [5, 5.41) is 12.3. The Balaban J connectivity index is 1.87. The maximum atomic E-state index is 11.0. The Bertz CT molecular complexity index is 459. The second kappa shape index (κ2) is 7.81. The van der Waals surface area contributed by atoms with E-state index in [-0.39, 0.29) is 5.92 Å². The zero-order valence-corrected chi connectivity index (χ0v) is 12.6. The van der Waals surface area contributed by atoms with Crippen LogP contribution in [0.5, 0.6) is 0 Å². The van der Waals surface area contributed by atoms with Crippen molar-refractivity contribution < 1.29 is 9.90 Å². The topological polar surface area (TPSA) is 78.4 Å². The standard InChI is InChI=1S/C15H24N4O2/c1-2-3-4-8-16-15-17-9-5-13(18-15)19-10-6-12(7-11-19)14(20)21/h5,9,12H,2-4,6-8,10-11H2,1H3,(H,20,21)(H,16,17,18). The molecule has 1 aromatic heterocycles. The average molecular weight is 292 g/mol. The van der Waals surface area contributed by atoms with Gasteiger partial charge in [0.2, 0.25) is 5.95 Å². The van der Waals surface area contributed by atoms with Gasteiger partial charge in [0.25, 0.3) is 0 Å². The molecule has 2 heterocycles. The van der Waals surface area contributed by atoms with Crippen LogP contribution in [0, 0.1) is 5.92 Å². The van der Waals surface area contributed by atoms with Crippen molar-refractivity contribution in [3.63, 3.8) is 0 Å². The smallest absolute Gasteiger partial charge is 0.306 e. The van der Waals surface area contributed by atoms with Crippen molar-refractivity contribution in [3.05, 3.63) is 12.3 Å². The predicted octanol–water partition coefficient (Wildman–Crippen LogP) is 2.38. The zero-order valence-electron chi connectivity index (χ0n) is 12.6. The minimum absolute atomic E-state index is 0.213. The number of unbranched alkanes of at least 4 members (excludes halogenated alkanes) is 2. The summed E-state index contributed by atoms with van der Waals surface area (Å²) >= 11 is 0. The van der Waals surface area contributed by atoms with Crippen LogP contribution in [-0.4, -0.2) is 40.7 Å². The monoisotopic (exact) mass is 292 g/mol. The van der Waals surface area contributed by atoms with E-state index in [1.54, 1.807) is 6.20 Å². The highest BCUT2D eigenvalue weighted by Crippen LogP contribution is 2.22. The number of anilines is 2. The molecule has 1 aliphatic rings. The molecule has 1 fully saturated rings. The van der Waals surface area contributed by atoms with Crippen molar-refractivity contribution in [1.82, 2.24) is 9.97 Å². The maximum Gasteiger partial charge on any atom is 0.306 e. The number of hydrogen-bond donors (Lipinski definition) is 2. The summed E-state index contributed by atoms with van der Waals surface area (Å²) in [4.78, 5) is 21.9. The molecule has 0 bridgehead atoms. The number of aliphatic carboxylic acids is 1. The molecule has 1 saturated heterocycles. The first kappa shape index (κ1) is 15.5. The van der Waals surface area contributed by atoms with Gasteiger partial charge in [0, 0.05) is 25.8 Å². The van der Waals surface area contributed by atoms with Crippen LogP contribution in [0.25, 0.3) is 0 Å². The molecule has 1 aromatic rings. The van der Waals surface area contributed by atoms with Crippen molar-refractivity contribution >= 4 is 17.7 Å². The molecule has 0 aromatic carbocycles. The Labute approximate surface area is 125 Å². The SMILES string of the molecule is CCCCCNc1nccc(N2CCC(C(=O)O)CC2)n1. The number of aromatic nitrogens is 2. The lowest BCUT2D eigenvalue weighted by atomic mass is 9.97. The molecular weight excluding hydrogens is 268 g/mol. The summed E-state index contributed by atoms with van der Waals surface area (Å²) < 4.78 is 0. The van der Waals surface area contributed by atoms with Gasteiger partial charge in [-0.05, 0) is 25.3 Å². The number of carbonyl (C=O) groups is 1. The van der Waals surface area contributed by atoms with Crippen molar-refractivity contribution in [3.8, 4) is 0 Å². The van der Waals surface area contributed by atoms with Gasteiger partial charge < -0.3 is 15.3 Å². The van der Waals surface area contributed by atoms with Gasteiger partial charge in [-0.1, -0.05) is 19.8 Å². The van der Waals surface area contributed by atoms with Crippen molar-refractivity contribution in [2.24, 2.45) is 5.92 Å². The van der Waals surface area contributed by atoms with Crippen LogP contribution >= 0.6 is 0 Å². The quantitative estimate of drug-likeness (QED) is 0.751.